The zero-order valence-electron chi connectivity index (χ0n) is 10.8. The summed E-state index contributed by atoms with van der Waals surface area (Å²) in [6.07, 6.45) is 2.75. The molecule has 0 aromatic carbocycles. The monoisotopic (exact) mass is 255 g/mol. The summed E-state index contributed by atoms with van der Waals surface area (Å²) in [4.78, 5) is 13.9. The molecule has 0 aliphatic rings. The van der Waals surface area contributed by atoms with Crippen molar-refractivity contribution in [3.05, 3.63) is 22.6 Å². The number of aromatic nitrogens is 2. The second-order valence-corrected chi connectivity index (χ2v) is 4.57. The lowest BCUT2D eigenvalue weighted by molar-refractivity contribution is 0.431. The van der Waals surface area contributed by atoms with E-state index in [1.807, 2.05) is 18.9 Å². The maximum atomic E-state index is 11.9. The van der Waals surface area contributed by atoms with Crippen LogP contribution in [0.1, 0.15) is 20.3 Å². The average molecular weight is 255 g/mol. The SMILES string of the molecule is CCC(CS)Cn1ncc(N(C)CC)cc1=O. The molecule has 0 saturated heterocycles. The number of thiol groups is 1. The molecule has 0 saturated carbocycles. The molecule has 4 nitrogen and oxygen atoms in total. The number of nitrogens with zero attached hydrogens (tertiary/aromatic N) is 3. The Bertz CT molecular complexity index is 401. The highest BCUT2D eigenvalue weighted by atomic mass is 32.1. The molecule has 0 bridgehead atoms. The van der Waals surface area contributed by atoms with Crippen LogP contribution in [0.2, 0.25) is 0 Å². The first-order valence-electron chi connectivity index (χ1n) is 6.01. The van der Waals surface area contributed by atoms with Crippen LogP contribution in [0, 0.1) is 5.92 Å². The fourth-order valence-corrected chi connectivity index (χ4v) is 1.89. The van der Waals surface area contributed by atoms with E-state index in [1.165, 1.54) is 4.68 Å². The molecule has 0 amide bonds. The van der Waals surface area contributed by atoms with E-state index in [-0.39, 0.29) is 5.56 Å². The minimum absolute atomic E-state index is 0.0389. The van der Waals surface area contributed by atoms with Gasteiger partial charge in [-0.3, -0.25) is 4.79 Å². The van der Waals surface area contributed by atoms with Gasteiger partial charge in [0, 0.05) is 26.2 Å². The van der Waals surface area contributed by atoms with Crippen molar-refractivity contribution in [1.82, 2.24) is 9.78 Å². The summed E-state index contributed by atoms with van der Waals surface area (Å²) in [5, 5.41) is 4.21. The molecule has 17 heavy (non-hydrogen) atoms. The Kier molecular flexibility index (Phi) is 5.55. The molecule has 0 spiro atoms. The van der Waals surface area contributed by atoms with Gasteiger partial charge in [-0.1, -0.05) is 13.3 Å². The van der Waals surface area contributed by atoms with Gasteiger partial charge >= 0.3 is 0 Å². The third kappa shape index (κ3) is 3.77. The molecular weight excluding hydrogens is 234 g/mol. The van der Waals surface area contributed by atoms with Crippen LogP contribution in [0.15, 0.2) is 17.1 Å². The summed E-state index contributed by atoms with van der Waals surface area (Å²) in [5.74, 6) is 1.18. The van der Waals surface area contributed by atoms with Crippen molar-refractivity contribution in [1.29, 1.82) is 0 Å². The van der Waals surface area contributed by atoms with Crippen LogP contribution in [0.5, 0.6) is 0 Å². The minimum atomic E-state index is -0.0389. The lowest BCUT2D eigenvalue weighted by atomic mass is 10.1. The predicted octanol–water partition coefficient (Wildman–Crippen LogP) is 1.66. The summed E-state index contributed by atoms with van der Waals surface area (Å²) in [5.41, 5.74) is 0.829. The van der Waals surface area contributed by atoms with Crippen molar-refractivity contribution in [2.24, 2.45) is 5.92 Å². The van der Waals surface area contributed by atoms with E-state index >= 15 is 0 Å². The van der Waals surface area contributed by atoms with Crippen LogP contribution in [0.25, 0.3) is 0 Å². The van der Waals surface area contributed by atoms with Gasteiger partial charge in [0.05, 0.1) is 11.9 Å². The van der Waals surface area contributed by atoms with Gasteiger partial charge < -0.3 is 4.90 Å². The van der Waals surface area contributed by atoms with Gasteiger partial charge in [-0.05, 0) is 18.6 Å². The van der Waals surface area contributed by atoms with Crippen LogP contribution < -0.4 is 10.5 Å². The third-order valence-corrected chi connectivity index (χ3v) is 3.55. The number of anilines is 1. The minimum Gasteiger partial charge on any atom is -0.373 e. The fourth-order valence-electron chi connectivity index (χ4n) is 1.51. The quantitative estimate of drug-likeness (QED) is 0.786. The van der Waals surface area contributed by atoms with Crippen molar-refractivity contribution >= 4 is 18.3 Å². The lowest BCUT2D eigenvalue weighted by Crippen LogP contribution is -2.28. The summed E-state index contributed by atoms with van der Waals surface area (Å²) >= 11 is 4.28. The molecule has 0 aliphatic carbocycles. The van der Waals surface area contributed by atoms with E-state index in [2.05, 4.69) is 24.7 Å². The molecular formula is C12H21N3OS. The third-order valence-electron chi connectivity index (χ3n) is 3.04. The molecule has 96 valence electrons. The zero-order chi connectivity index (χ0) is 12.8. The van der Waals surface area contributed by atoms with Crippen molar-refractivity contribution in [3.63, 3.8) is 0 Å². The summed E-state index contributed by atoms with van der Waals surface area (Å²) in [6, 6.07) is 1.64. The van der Waals surface area contributed by atoms with Gasteiger partial charge in [0.2, 0.25) is 0 Å². The summed E-state index contributed by atoms with van der Waals surface area (Å²) in [7, 11) is 1.95. The van der Waals surface area contributed by atoms with Crippen molar-refractivity contribution in [2.75, 3.05) is 24.2 Å². The molecule has 1 heterocycles. The Morgan fingerprint density at radius 1 is 1.53 bits per heavy atom. The zero-order valence-corrected chi connectivity index (χ0v) is 11.7. The number of hydrogen-bond acceptors (Lipinski definition) is 4. The van der Waals surface area contributed by atoms with E-state index in [1.54, 1.807) is 12.3 Å². The average Bonchev–Trinajstić information content (AvgIpc) is 2.36. The van der Waals surface area contributed by atoms with E-state index in [0.29, 0.717) is 12.5 Å². The van der Waals surface area contributed by atoms with Gasteiger partial charge in [-0.25, -0.2) is 4.68 Å². The molecule has 0 N–H and O–H groups in total. The smallest absolute Gasteiger partial charge is 0.268 e. The first-order chi connectivity index (χ1) is 8.12. The van der Waals surface area contributed by atoms with Gasteiger partial charge in [-0.15, -0.1) is 0 Å². The molecule has 1 aromatic rings. The normalized spacial score (nSPS) is 12.5. The van der Waals surface area contributed by atoms with Gasteiger partial charge in [0.25, 0.3) is 5.56 Å². The lowest BCUT2D eigenvalue weighted by Gasteiger charge is -2.17. The first-order valence-corrected chi connectivity index (χ1v) is 6.64. The summed E-state index contributed by atoms with van der Waals surface area (Å²) < 4.78 is 1.53. The summed E-state index contributed by atoms with van der Waals surface area (Å²) in [6.45, 7) is 5.65. The van der Waals surface area contributed by atoms with E-state index < -0.39 is 0 Å². The standard InChI is InChI=1S/C12H21N3OS/c1-4-10(9-17)8-15-12(16)6-11(7-13-15)14(3)5-2/h6-7,10,17H,4-5,8-9H2,1-3H3. The number of rotatable bonds is 6. The van der Waals surface area contributed by atoms with Crippen LogP contribution in [-0.2, 0) is 6.54 Å². The van der Waals surface area contributed by atoms with Crippen LogP contribution in [-0.4, -0.2) is 29.1 Å². The van der Waals surface area contributed by atoms with Gasteiger partial charge in [0.15, 0.2) is 0 Å². The Morgan fingerprint density at radius 2 is 2.24 bits per heavy atom. The Labute approximate surface area is 108 Å². The highest BCUT2D eigenvalue weighted by Gasteiger charge is 2.08. The van der Waals surface area contributed by atoms with Gasteiger partial charge in [-0.2, -0.15) is 17.7 Å². The highest BCUT2D eigenvalue weighted by Crippen LogP contribution is 2.09. The van der Waals surface area contributed by atoms with E-state index in [9.17, 15) is 4.79 Å². The fraction of sp³-hybridized carbons (Fsp3) is 0.667. The second-order valence-electron chi connectivity index (χ2n) is 4.21. The molecule has 1 aromatic heterocycles. The van der Waals surface area contributed by atoms with Crippen LogP contribution in [0.3, 0.4) is 0 Å². The van der Waals surface area contributed by atoms with E-state index in [0.717, 1.165) is 24.4 Å². The molecule has 0 radical (unpaired) electrons. The van der Waals surface area contributed by atoms with Crippen molar-refractivity contribution in [2.45, 2.75) is 26.8 Å². The molecule has 5 heteroatoms. The molecule has 1 unspecified atom stereocenters. The van der Waals surface area contributed by atoms with E-state index in [4.69, 9.17) is 0 Å². The molecule has 1 atom stereocenters. The van der Waals surface area contributed by atoms with Gasteiger partial charge in [0.1, 0.15) is 0 Å². The highest BCUT2D eigenvalue weighted by molar-refractivity contribution is 7.80. The second kappa shape index (κ2) is 6.69. The predicted molar refractivity (Wildman–Crippen MR) is 75.1 cm³/mol. The molecule has 1 rings (SSSR count). The Hall–Kier alpha value is -0.970. The largest absolute Gasteiger partial charge is 0.373 e. The Balaban J connectivity index is 2.86. The topological polar surface area (TPSA) is 38.1 Å². The Morgan fingerprint density at radius 3 is 2.71 bits per heavy atom. The number of hydrogen-bond donors (Lipinski definition) is 1. The maximum absolute atomic E-state index is 11.9. The van der Waals surface area contributed by atoms with Crippen LogP contribution in [0.4, 0.5) is 5.69 Å². The first kappa shape index (κ1) is 14.1. The molecule has 0 aliphatic heterocycles. The van der Waals surface area contributed by atoms with Crippen molar-refractivity contribution < 1.29 is 0 Å². The van der Waals surface area contributed by atoms with Crippen LogP contribution >= 0.6 is 12.6 Å². The molecule has 0 fully saturated rings. The maximum Gasteiger partial charge on any atom is 0.268 e. The van der Waals surface area contributed by atoms with Crippen molar-refractivity contribution in [3.8, 4) is 0 Å².